The minimum Gasteiger partial charge on any atom is -0.313 e. The maximum absolute atomic E-state index is 6.13. The fraction of sp³-hybridized carbons (Fsp3) is 0.294. The van der Waals surface area contributed by atoms with Gasteiger partial charge in [0.25, 0.3) is 0 Å². The highest BCUT2D eigenvalue weighted by Gasteiger charge is 2.07. The fourth-order valence-electron chi connectivity index (χ4n) is 1.97. The molecule has 0 saturated heterocycles. The highest BCUT2D eigenvalue weighted by atomic mass is 35.5. The molecule has 3 heteroatoms. The molecular weight excluding hydrogens is 286 g/mol. The van der Waals surface area contributed by atoms with Crippen LogP contribution in [0.4, 0.5) is 0 Å². The summed E-state index contributed by atoms with van der Waals surface area (Å²) in [6.45, 7) is 6.21. The zero-order valence-electron chi connectivity index (χ0n) is 11.9. The van der Waals surface area contributed by atoms with Crippen LogP contribution < -0.4 is 5.32 Å². The first-order valence-corrected chi connectivity index (χ1v) is 8.12. The van der Waals surface area contributed by atoms with Crippen molar-refractivity contribution < 1.29 is 0 Å². The lowest BCUT2D eigenvalue weighted by Gasteiger charge is -2.12. The zero-order valence-corrected chi connectivity index (χ0v) is 13.5. The molecule has 2 rings (SSSR count). The molecule has 0 aliphatic rings. The molecular formula is C17H20ClNS. The van der Waals surface area contributed by atoms with Crippen molar-refractivity contribution in [3.05, 3.63) is 58.6 Å². The van der Waals surface area contributed by atoms with Crippen LogP contribution in [0.1, 0.15) is 24.5 Å². The van der Waals surface area contributed by atoms with Crippen LogP contribution in [0.2, 0.25) is 5.02 Å². The van der Waals surface area contributed by atoms with Gasteiger partial charge in [-0.05, 0) is 55.3 Å². The van der Waals surface area contributed by atoms with E-state index in [0.717, 1.165) is 24.5 Å². The number of rotatable bonds is 6. The van der Waals surface area contributed by atoms with Crippen LogP contribution >= 0.6 is 23.4 Å². The summed E-state index contributed by atoms with van der Waals surface area (Å²) in [5.74, 6) is 0. The first-order valence-electron chi connectivity index (χ1n) is 6.93. The Bertz CT molecular complexity index is 569. The minimum atomic E-state index is 0.799. The van der Waals surface area contributed by atoms with E-state index in [9.17, 15) is 0 Å². The summed E-state index contributed by atoms with van der Waals surface area (Å²) in [5.41, 5.74) is 2.57. The van der Waals surface area contributed by atoms with Gasteiger partial charge in [0.15, 0.2) is 0 Å². The Morgan fingerprint density at radius 1 is 1.10 bits per heavy atom. The van der Waals surface area contributed by atoms with Gasteiger partial charge in [-0.3, -0.25) is 0 Å². The third-order valence-electron chi connectivity index (χ3n) is 3.08. The van der Waals surface area contributed by atoms with E-state index in [1.54, 1.807) is 0 Å². The number of benzene rings is 2. The minimum absolute atomic E-state index is 0.799. The Morgan fingerprint density at radius 3 is 2.65 bits per heavy atom. The second kappa shape index (κ2) is 7.72. The van der Waals surface area contributed by atoms with Crippen molar-refractivity contribution in [1.29, 1.82) is 0 Å². The molecule has 2 aromatic rings. The molecule has 0 amide bonds. The predicted molar refractivity (Wildman–Crippen MR) is 88.8 cm³/mol. The van der Waals surface area contributed by atoms with Gasteiger partial charge in [-0.2, -0.15) is 0 Å². The van der Waals surface area contributed by atoms with Crippen LogP contribution in [-0.2, 0) is 6.54 Å². The monoisotopic (exact) mass is 305 g/mol. The second-order valence-corrected chi connectivity index (χ2v) is 6.32. The Hall–Kier alpha value is -0.960. The molecule has 1 N–H and O–H groups in total. The van der Waals surface area contributed by atoms with E-state index in [1.165, 1.54) is 20.9 Å². The molecule has 0 saturated carbocycles. The van der Waals surface area contributed by atoms with Crippen LogP contribution in [-0.4, -0.2) is 6.54 Å². The van der Waals surface area contributed by atoms with E-state index in [2.05, 4.69) is 55.6 Å². The molecule has 0 aliphatic carbocycles. The normalized spacial score (nSPS) is 10.8. The van der Waals surface area contributed by atoms with Crippen molar-refractivity contribution in [3.8, 4) is 0 Å². The van der Waals surface area contributed by atoms with Crippen LogP contribution in [0.5, 0.6) is 0 Å². The Kier molecular flexibility index (Phi) is 5.96. The summed E-state index contributed by atoms with van der Waals surface area (Å²) in [7, 11) is 0. The molecule has 20 heavy (non-hydrogen) atoms. The van der Waals surface area contributed by atoms with Gasteiger partial charge in [0.1, 0.15) is 0 Å². The third kappa shape index (κ3) is 4.27. The van der Waals surface area contributed by atoms with Gasteiger partial charge in [0, 0.05) is 21.4 Å². The summed E-state index contributed by atoms with van der Waals surface area (Å²) < 4.78 is 0. The summed E-state index contributed by atoms with van der Waals surface area (Å²) in [4.78, 5) is 2.57. The first-order chi connectivity index (χ1) is 9.70. The standard InChI is InChI=1S/C17H20ClNS/c1-3-10-19-12-14-11-15(18)8-9-17(14)20-16-7-5-4-6-13(16)2/h4-9,11,19H,3,10,12H2,1-2H3. The highest BCUT2D eigenvalue weighted by molar-refractivity contribution is 7.99. The zero-order chi connectivity index (χ0) is 14.4. The molecule has 0 spiro atoms. The van der Waals surface area contributed by atoms with E-state index in [1.807, 2.05) is 17.8 Å². The van der Waals surface area contributed by atoms with Crippen molar-refractivity contribution >= 4 is 23.4 Å². The summed E-state index contributed by atoms with van der Waals surface area (Å²) >= 11 is 7.94. The van der Waals surface area contributed by atoms with E-state index >= 15 is 0 Å². The van der Waals surface area contributed by atoms with Crippen molar-refractivity contribution in [1.82, 2.24) is 5.32 Å². The average Bonchev–Trinajstić information content (AvgIpc) is 2.44. The highest BCUT2D eigenvalue weighted by Crippen LogP contribution is 2.33. The molecule has 0 unspecified atom stereocenters. The van der Waals surface area contributed by atoms with E-state index in [-0.39, 0.29) is 0 Å². The van der Waals surface area contributed by atoms with Gasteiger partial charge in [-0.25, -0.2) is 0 Å². The van der Waals surface area contributed by atoms with Gasteiger partial charge in [0.2, 0.25) is 0 Å². The molecule has 0 bridgehead atoms. The van der Waals surface area contributed by atoms with Crippen LogP contribution in [0, 0.1) is 6.92 Å². The number of halogens is 1. The van der Waals surface area contributed by atoms with E-state index in [0.29, 0.717) is 0 Å². The summed E-state index contributed by atoms with van der Waals surface area (Å²) in [5, 5.41) is 4.25. The Balaban J connectivity index is 2.20. The van der Waals surface area contributed by atoms with Gasteiger partial charge >= 0.3 is 0 Å². The molecule has 2 aromatic carbocycles. The quantitative estimate of drug-likeness (QED) is 0.727. The molecule has 0 radical (unpaired) electrons. The van der Waals surface area contributed by atoms with Crippen LogP contribution in [0.3, 0.4) is 0 Å². The van der Waals surface area contributed by atoms with Gasteiger partial charge in [-0.1, -0.05) is 48.5 Å². The smallest absolute Gasteiger partial charge is 0.0410 e. The number of hydrogen-bond acceptors (Lipinski definition) is 2. The number of aryl methyl sites for hydroxylation is 1. The van der Waals surface area contributed by atoms with Gasteiger partial charge < -0.3 is 5.32 Å². The van der Waals surface area contributed by atoms with Crippen molar-refractivity contribution in [3.63, 3.8) is 0 Å². The molecule has 106 valence electrons. The molecule has 0 heterocycles. The average molecular weight is 306 g/mol. The lowest BCUT2D eigenvalue weighted by Crippen LogP contribution is -2.14. The SMILES string of the molecule is CCCNCc1cc(Cl)ccc1Sc1ccccc1C. The Morgan fingerprint density at radius 2 is 1.90 bits per heavy atom. The molecule has 0 aliphatic heterocycles. The first kappa shape index (κ1) is 15.4. The van der Waals surface area contributed by atoms with Gasteiger partial charge in [-0.15, -0.1) is 0 Å². The summed E-state index contributed by atoms with van der Waals surface area (Å²) in [6.07, 6.45) is 1.14. The molecule has 0 aromatic heterocycles. The maximum Gasteiger partial charge on any atom is 0.0410 e. The van der Waals surface area contributed by atoms with Crippen molar-refractivity contribution in [2.45, 2.75) is 36.6 Å². The topological polar surface area (TPSA) is 12.0 Å². The van der Waals surface area contributed by atoms with E-state index in [4.69, 9.17) is 11.6 Å². The van der Waals surface area contributed by atoms with Crippen LogP contribution in [0.25, 0.3) is 0 Å². The Labute approximate surface area is 130 Å². The maximum atomic E-state index is 6.13. The van der Waals surface area contributed by atoms with Crippen molar-refractivity contribution in [2.24, 2.45) is 0 Å². The van der Waals surface area contributed by atoms with Crippen LogP contribution in [0.15, 0.2) is 52.3 Å². The molecule has 0 atom stereocenters. The lowest BCUT2D eigenvalue weighted by molar-refractivity contribution is 0.669. The fourth-order valence-corrected chi connectivity index (χ4v) is 3.18. The lowest BCUT2D eigenvalue weighted by atomic mass is 10.2. The predicted octanol–water partition coefficient (Wildman–Crippen LogP) is 5.30. The molecule has 0 fully saturated rings. The van der Waals surface area contributed by atoms with Crippen molar-refractivity contribution in [2.75, 3.05) is 6.54 Å². The second-order valence-electron chi connectivity index (χ2n) is 4.80. The largest absolute Gasteiger partial charge is 0.313 e. The third-order valence-corrected chi connectivity index (χ3v) is 4.61. The van der Waals surface area contributed by atoms with Gasteiger partial charge in [0.05, 0.1) is 0 Å². The van der Waals surface area contributed by atoms with E-state index < -0.39 is 0 Å². The molecule has 1 nitrogen and oxygen atoms in total. The number of nitrogens with one attached hydrogen (secondary N) is 1. The summed E-state index contributed by atoms with van der Waals surface area (Å²) in [6, 6.07) is 14.6. The number of hydrogen-bond donors (Lipinski definition) is 1.